The highest BCUT2D eigenvalue weighted by Gasteiger charge is 2.14. The number of rotatable bonds is 6. The highest BCUT2D eigenvalue weighted by Crippen LogP contribution is 2.17. The van der Waals surface area contributed by atoms with Crippen molar-refractivity contribution in [2.45, 2.75) is 19.9 Å². The van der Waals surface area contributed by atoms with Gasteiger partial charge in [-0.2, -0.15) is 0 Å². The molecular weight excluding hydrogens is 296 g/mol. The van der Waals surface area contributed by atoms with Gasteiger partial charge in [-0.3, -0.25) is 9.89 Å². The average Bonchev–Trinajstić information content (AvgIpc) is 3.06. The van der Waals surface area contributed by atoms with Crippen molar-refractivity contribution in [3.05, 3.63) is 22.4 Å². The Bertz CT molecular complexity index is 443. The summed E-state index contributed by atoms with van der Waals surface area (Å²) in [5.74, 6) is 1.45. The second-order valence-electron chi connectivity index (χ2n) is 5.85. The molecule has 0 spiro atoms. The van der Waals surface area contributed by atoms with Gasteiger partial charge in [-0.1, -0.05) is 13.0 Å². The number of nitrogens with one attached hydrogen (secondary N) is 2. The van der Waals surface area contributed by atoms with E-state index in [1.54, 1.807) is 11.3 Å². The molecule has 2 rings (SSSR count). The van der Waals surface area contributed by atoms with E-state index in [-0.39, 0.29) is 6.04 Å². The van der Waals surface area contributed by atoms with Crippen molar-refractivity contribution in [1.82, 2.24) is 15.5 Å². The van der Waals surface area contributed by atoms with Crippen molar-refractivity contribution in [2.24, 2.45) is 10.9 Å². The van der Waals surface area contributed by atoms with Gasteiger partial charge in [0.15, 0.2) is 5.96 Å². The number of aliphatic imine (C=N–C) groups is 1. The van der Waals surface area contributed by atoms with Crippen molar-refractivity contribution in [3.8, 4) is 0 Å². The van der Waals surface area contributed by atoms with Gasteiger partial charge in [0.05, 0.1) is 19.3 Å². The Morgan fingerprint density at radius 1 is 1.41 bits per heavy atom. The molecule has 0 aromatic carbocycles. The van der Waals surface area contributed by atoms with Crippen LogP contribution in [0.5, 0.6) is 0 Å². The first-order valence-electron chi connectivity index (χ1n) is 7.99. The summed E-state index contributed by atoms with van der Waals surface area (Å²) in [6.07, 6.45) is 0. The molecule has 1 fully saturated rings. The monoisotopic (exact) mass is 324 g/mol. The molecule has 124 valence electrons. The lowest BCUT2D eigenvalue weighted by atomic mass is 10.1. The van der Waals surface area contributed by atoms with Crippen LogP contribution in [0.2, 0.25) is 0 Å². The fraction of sp³-hybridized carbons (Fsp3) is 0.688. The van der Waals surface area contributed by atoms with Crippen LogP contribution in [-0.2, 0) is 4.74 Å². The van der Waals surface area contributed by atoms with Crippen molar-refractivity contribution in [2.75, 3.05) is 46.4 Å². The van der Waals surface area contributed by atoms with Gasteiger partial charge in [-0.25, -0.2) is 0 Å². The molecule has 2 unspecified atom stereocenters. The van der Waals surface area contributed by atoms with Crippen molar-refractivity contribution >= 4 is 17.3 Å². The van der Waals surface area contributed by atoms with E-state index in [2.05, 4.69) is 51.9 Å². The Morgan fingerprint density at radius 2 is 2.18 bits per heavy atom. The fourth-order valence-electron chi connectivity index (χ4n) is 2.57. The van der Waals surface area contributed by atoms with Gasteiger partial charge >= 0.3 is 0 Å². The van der Waals surface area contributed by atoms with Gasteiger partial charge in [-0.05, 0) is 24.3 Å². The Labute approximate surface area is 137 Å². The summed E-state index contributed by atoms with van der Waals surface area (Å²) in [4.78, 5) is 8.12. The molecule has 2 atom stereocenters. The van der Waals surface area contributed by atoms with Crippen LogP contribution in [0, 0.1) is 5.92 Å². The van der Waals surface area contributed by atoms with Crippen molar-refractivity contribution in [1.29, 1.82) is 0 Å². The quantitative estimate of drug-likeness (QED) is 0.620. The zero-order chi connectivity index (χ0) is 15.8. The normalized spacial score (nSPS) is 19.7. The lowest BCUT2D eigenvalue weighted by molar-refractivity contribution is 0.0320. The van der Waals surface area contributed by atoms with E-state index in [0.717, 1.165) is 45.4 Å². The molecule has 1 saturated heterocycles. The molecule has 1 aliphatic rings. The third-order valence-corrected chi connectivity index (χ3v) is 4.89. The Morgan fingerprint density at radius 3 is 2.82 bits per heavy atom. The topological polar surface area (TPSA) is 48.9 Å². The lowest BCUT2D eigenvalue weighted by Crippen LogP contribution is -2.44. The van der Waals surface area contributed by atoms with Crippen molar-refractivity contribution in [3.63, 3.8) is 0 Å². The molecule has 6 heteroatoms. The smallest absolute Gasteiger partial charge is 0.191 e. The van der Waals surface area contributed by atoms with E-state index in [4.69, 9.17) is 4.74 Å². The maximum absolute atomic E-state index is 5.39. The highest BCUT2D eigenvalue weighted by molar-refractivity contribution is 7.10. The van der Waals surface area contributed by atoms with Gasteiger partial charge in [0.25, 0.3) is 0 Å². The van der Waals surface area contributed by atoms with E-state index < -0.39 is 0 Å². The summed E-state index contributed by atoms with van der Waals surface area (Å²) in [7, 11) is 1.82. The van der Waals surface area contributed by atoms with E-state index >= 15 is 0 Å². The summed E-state index contributed by atoms with van der Waals surface area (Å²) in [5.41, 5.74) is 0. The largest absolute Gasteiger partial charge is 0.379 e. The van der Waals surface area contributed by atoms with Crippen LogP contribution >= 0.6 is 11.3 Å². The molecule has 0 bridgehead atoms. The van der Waals surface area contributed by atoms with Crippen LogP contribution in [-0.4, -0.2) is 57.3 Å². The van der Waals surface area contributed by atoms with Crippen LogP contribution in [0.25, 0.3) is 0 Å². The number of hydrogen-bond donors (Lipinski definition) is 2. The van der Waals surface area contributed by atoms with Crippen LogP contribution in [0.15, 0.2) is 22.5 Å². The molecule has 2 N–H and O–H groups in total. The standard InChI is InChI=1S/C16H28N4OS/c1-13(12-20-6-8-21-9-7-20)11-18-16(17-3)19-14(2)15-5-4-10-22-15/h4-5,10,13-14H,6-9,11-12H2,1-3H3,(H2,17,18,19). The summed E-state index contributed by atoms with van der Waals surface area (Å²) in [6.45, 7) is 10.3. The zero-order valence-electron chi connectivity index (χ0n) is 13.8. The molecule has 1 aliphatic heterocycles. The van der Waals surface area contributed by atoms with Crippen molar-refractivity contribution < 1.29 is 4.74 Å². The minimum Gasteiger partial charge on any atom is -0.379 e. The maximum Gasteiger partial charge on any atom is 0.191 e. The molecule has 0 amide bonds. The fourth-order valence-corrected chi connectivity index (χ4v) is 3.30. The van der Waals surface area contributed by atoms with E-state index in [1.165, 1.54) is 4.88 Å². The van der Waals surface area contributed by atoms with Crippen LogP contribution in [0.1, 0.15) is 24.8 Å². The summed E-state index contributed by atoms with van der Waals surface area (Å²) >= 11 is 1.77. The van der Waals surface area contributed by atoms with Gasteiger partial charge < -0.3 is 15.4 Å². The Kier molecular flexibility index (Phi) is 7.15. The molecule has 0 aliphatic carbocycles. The number of nitrogens with zero attached hydrogens (tertiary/aromatic N) is 2. The molecule has 0 radical (unpaired) electrons. The lowest BCUT2D eigenvalue weighted by Gasteiger charge is -2.29. The number of morpholine rings is 1. The number of thiophene rings is 1. The van der Waals surface area contributed by atoms with Gasteiger partial charge in [0.1, 0.15) is 0 Å². The summed E-state index contributed by atoms with van der Waals surface area (Å²) in [5, 5.41) is 8.99. The van der Waals surface area contributed by atoms with E-state index in [1.807, 2.05) is 7.05 Å². The average molecular weight is 324 g/mol. The van der Waals surface area contributed by atoms with Crippen LogP contribution in [0.4, 0.5) is 0 Å². The third kappa shape index (κ3) is 5.59. The predicted octanol–water partition coefficient (Wildman–Crippen LogP) is 1.94. The maximum atomic E-state index is 5.39. The first-order chi connectivity index (χ1) is 10.7. The highest BCUT2D eigenvalue weighted by atomic mass is 32.1. The number of ether oxygens (including phenoxy) is 1. The van der Waals surface area contributed by atoms with Gasteiger partial charge in [0, 0.05) is 38.1 Å². The molecule has 2 heterocycles. The summed E-state index contributed by atoms with van der Waals surface area (Å²) < 4.78 is 5.39. The SMILES string of the molecule is CN=C(NCC(C)CN1CCOCC1)NC(C)c1cccs1. The minimum atomic E-state index is 0.278. The zero-order valence-corrected chi connectivity index (χ0v) is 14.7. The Hall–Kier alpha value is -1.11. The van der Waals surface area contributed by atoms with Gasteiger partial charge in [0.2, 0.25) is 0 Å². The number of hydrogen-bond acceptors (Lipinski definition) is 4. The molecule has 0 saturated carbocycles. The van der Waals surface area contributed by atoms with Crippen LogP contribution in [0.3, 0.4) is 0 Å². The van der Waals surface area contributed by atoms with E-state index in [9.17, 15) is 0 Å². The molecular formula is C16H28N4OS. The predicted molar refractivity (Wildman–Crippen MR) is 93.7 cm³/mol. The first-order valence-corrected chi connectivity index (χ1v) is 8.87. The molecule has 1 aromatic heterocycles. The second kappa shape index (κ2) is 9.12. The second-order valence-corrected chi connectivity index (χ2v) is 6.83. The molecule has 1 aromatic rings. The Balaban J connectivity index is 1.71. The van der Waals surface area contributed by atoms with Crippen LogP contribution < -0.4 is 10.6 Å². The van der Waals surface area contributed by atoms with E-state index in [0.29, 0.717) is 5.92 Å². The molecule has 5 nitrogen and oxygen atoms in total. The minimum absolute atomic E-state index is 0.278. The third-order valence-electron chi connectivity index (χ3n) is 3.84. The molecule has 22 heavy (non-hydrogen) atoms. The summed E-state index contributed by atoms with van der Waals surface area (Å²) in [6, 6.07) is 4.51. The first kappa shape index (κ1) is 17.2. The van der Waals surface area contributed by atoms with Gasteiger partial charge in [-0.15, -0.1) is 11.3 Å². The number of guanidine groups is 1.